The molecular weight excluding hydrogens is 404 g/mol. The van der Waals surface area contributed by atoms with Gasteiger partial charge in [0.1, 0.15) is 12.6 Å². The number of carbonyl (C=O) groups excluding carboxylic acids is 2. The average molecular weight is 431 g/mol. The second kappa shape index (κ2) is 12.0. The summed E-state index contributed by atoms with van der Waals surface area (Å²) in [5, 5.41) is 5.59. The zero-order chi connectivity index (χ0) is 22.6. The lowest BCUT2D eigenvalue weighted by Gasteiger charge is -2.20. The van der Waals surface area contributed by atoms with Crippen LogP contribution in [0.2, 0.25) is 0 Å². The number of ether oxygens (including phenoxy) is 1. The lowest BCUT2D eigenvalue weighted by Crippen LogP contribution is -2.50. The Morgan fingerprint density at radius 2 is 1.53 bits per heavy atom. The molecule has 0 radical (unpaired) electrons. The van der Waals surface area contributed by atoms with E-state index in [0.29, 0.717) is 12.2 Å². The molecule has 0 saturated carbocycles. The van der Waals surface area contributed by atoms with Crippen molar-refractivity contribution in [1.29, 1.82) is 0 Å². The molecule has 1 heterocycles. The van der Waals surface area contributed by atoms with Gasteiger partial charge in [0.2, 0.25) is 5.91 Å². The van der Waals surface area contributed by atoms with Gasteiger partial charge in [0.15, 0.2) is 5.82 Å². The molecule has 0 spiro atoms. The predicted octanol–water partition coefficient (Wildman–Crippen LogP) is 3.53. The SMILES string of the molecule is C[C@@H](/C=C/c1ncccn1)NC(=O)[C@H](Cc1ccccc1)NC(=O)OCc1ccccc1. The Morgan fingerprint density at radius 1 is 0.906 bits per heavy atom. The summed E-state index contributed by atoms with van der Waals surface area (Å²) in [5.41, 5.74) is 1.80. The molecule has 0 bridgehead atoms. The smallest absolute Gasteiger partial charge is 0.408 e. The zero-order valence-corrected chi connectivity index (χ0v) is 17.8. The fourth-order valence-electron chi connectivity index (χ4n) is 2.97. The van der Waals surface area contributed by atoms with Gasteiger partial charge in [0.05, 0.1) is 0 Å². The third kappa shape index (κ3) is 7.68. The lowest BCUT2D eigenvalue weighted by atomic mass is 10.1. The molecule has 7 nitrogen and oxygen atoms in total. The van der Waals surface area contributed by atoms with Gasteiger partial charge in [-0.2, -0.15) is 0 Å². The molecule has 32 heavy (non-hydrogen) atoms. The number of hydrogen-bond donors (Lipinski definition) is 2. The molecule has 7 heteroatoms. The van der Waals surface area contributed by atoms with Gasteiger partial charge >= 0.3 is 6.09 Å². The van der Waals surface area contributed by atoms with E-state index in [1.165, 1.54) is 0 Å². The van der Waals surface area contributed by atoms with Gasteiger partial charge in [-0.1, -0.05) is 66.7 Å². The van der Waals surface area contributed by atoms with Crippen LogP contribution in [0.5, 0.6) is 0 Å². The van der Waals surface area contributed by atoms with Crippen molar-refractivity contribution in [3.8, 4) is 0 Å². The summed E-state index contributed by atoms with van der Waals surface area (Å²) >= 11 is 0. The molecule has 0 aliphatic heterocycles. The first kappa shape index (κ1) is 22.7. The number of amides is 2. The molecule has 0 aliphatic carbocycles. The second-order valence-corrected chi connectivity index (χ2v) is 7.21. The van der Waals surface area contributed by atoms with Crippen LogP contribution in [-0.2, 0) is 22.6 Å². The summed E-state index contributed by atoms with van der Waals surface area (Å²) in [5.74, 6) is 0.244. The molecule has 0 unspecified atom stereocenters. The minimum Gasteiger partial charge on any atom is -0.445 e. The summed E-state index contributed by atoms with van der Waals surface area (Å²) in [7, 11) is 0. The van der Waals surface area contributed by atoms with E-state index in [9.17, 15) is 9.59 Å². The minimum absolute atomic E-state index is 0.128. The summed E-state index contributed by atoms with van der Waals surface area (Å²) in [6, 6.07) is 19.5. The van der Waals surface area contributed by atoms with Gasteiger partial charge in [0, 0.05) is 24.9 Å². The molecule has 2 aromatic carbocycles. The lowest BCUT2D eigenvalue weighted by molar-refractivity contribution is -0.123. The Kier molecular flexibility index (Phi) is 8.50. The highest BCUT2D eigenvalue weighted by molar-refractivity contribution is 5.86. The first-order chi connectivity index (χ1) is 15.6. The number of alkyl carbamates (subject to hydrolysis) is 1. The van der Waals surface area contributed by atoms with Crippen LogP contribution >= 0.6 is 0 Å². The van der Waals surface area contributed by atoms with E-state index in [1.54, 1.807) is 30.6 Å². The summed E-state index contributed by atoms with van der Waals surface area (Å²) in [6.07, 6.45) is 6.52. The summed E-state index contributed by atoms with van der Waals surface area (Å²) < 4.78 is 5.30. The van der Waals surface area contributed by atoms with Crippen molar-refractivity contribution in [2.45, 2.75) is 32.0 Å². The number of rotatable bonds is 9. The molecule has 3 aromatic rings. The van der Waals surface area contributed by atoms with Gasteiger partial charge in [0.25, 0.3) is 0 Å². The maximum Gasteiger partial charge on any atom is 0.408 e. The van der Waals surface area contributed by atoms with Crippen molar-refractivity contribution >= 4 is 18.1 Å². The normalized spacial score (nSPS) is 12.7. The Labute approximate surface area is 187 Å². The van der Waals surface area contributed by atoms with Crippen LogP contribution in [0.15, 0.2) is 85.2 Å². The van der Waals surface area contributed by atoms with E-state index in [-0.39, 0.29) is 18.6 Å². The molecular formula is C25H26N4O3. The summed E-state index contributed by atoms with van der Waals surface area (Å²) in [6.45, 7) is 1.97. The van der Waals surface area contributed by atoms with Crippen LogP contribution in [0.1, 0.15) is 23.9 Å². The Hall–Kier alpha value is -4.00. The van der Waals surface area contributed by atoms with Crippen molar-refractivity contribution in [2.75, 3.05) is 0 Å². The fourth-order valence-corrected chi connectivity index (χ4v) is 2.97. The van der Waals surface area contributed by atoms with Gasteiger partial charge in [-0.3, -0.25) is 4.79 Å². The maximum absolute atomic E-state index is 12.9. The van der Waals surface area contributed by atoms with E-state index in [0.717, 1.165) is 11.1 Å². The molecule has 0 saturated heterocycles. The fraction of sp³-hybridized carbons (Fsp3) is 0.200. The van der Waals surface area contributed by atoms with E-state index in [2.05, 4.69) is 20.6 Å². The molecule has 164 valence electrons. The van der Waals surface area contributed by atoms with Crippen LogP contribution in [0, 0.1) is 0 Å². The number of aromatic nitrogens is 2. The number of hydrogen-bond acceptors (Lipinski definition) is 5. The number of benzene rings is 2. The highest BCUT2D eigenvalue weighted by Crippen LogP contribution is 2.06. The first-order valence-corrected chi connectivity index (χ1v) is 10.4. The molecule has 2 amide bonds. The van der Waals surface area contributed by atoms with Gasteiger partial charge in [-0.15, -0.1) is 0 Å². The predicted molar refractivity (Wildman–Crippen MR) is 122 cm³/mol. The van der Waals surface area contributed by atoms with Crippen LogP contribution in [-0.4, -0.2) is 34.1 Å². The molecule has 3 rings (SSSR count). The van der Waals surface area contributed by atoms with Crippen molar-refractivity contribution < 1.29 is 14.3 Å². The topological polar surface area (TPSA) is 93.2 Å². The third-order valence-electron chi connectivity index (χ3n) is 4.59. The number of carbonyl (C=O) groups is 2. The minimum atomic E-state index is -0.788. The Balaban J connectivity index is 1.61. The zero-order valence-electron chi connectivity index (χ0n) is 17.8. The second-order valence-electron chi connectivity index (χ2n) is 7.21. The van der Waals surface area contributed by atoms with E-state index in [1.807, 2.05) is 67.6 Å². The summed E-state index contributed by atoms with van der Waals surface area (Å²) in [4.78, 5) is 33.5. The first-order valence-electron chi connectivity index (χ1n) is 10.4. The van der Waals surface area contributed by atoms with Crippen LogP contribution in [0.3, 0.4) is 0 Å². The van der Waals surface area contributed by atoms with Crippen LogP contribution in [0.4, 0.5) is 4.79 Å². The van der Waals surface area contributed by atoms with Gasteiger partial charge in [-0.05, 0) is 30.2 Å². The van der Waals surface area contributed by atoms with Crippen LogP contribution in [0.25, 0.3) is 6.08 Å². The van der Waals surface area contributed by atoms with Crippen molar-refractivity contribution in [3.63, 3.8) is 0 Å². The van der Waals surface area contributed by atoms with E-state index >= 15 is 0 Å². The number of nitrogens with one attached hydrogen (secondary N) is 2. The highest BCUT2D eigenvalue weighted by Gasteiger charge is 2.23. The Morgan fingerprint density at radius 3 is 2.19 bits per heavy atom. The average Bonchev–Trinajstić information content (AvgIpc) is 2.83. The molecule has 0 fully saturated rings. The Bertz CT molecular complexity index is 1010. The van der Waals surface area contributed by atoms with Crippen molar-refractivity contribution in [1.82, 2.24) is 20.6 Å². The van der Waals surface area contributed by atoms with E-state index < -0.39 is 12.1 Å². The largest absolute Gasteiger partial charge is 0.445 e. The van der Waals surface area contributed by atoms with Gasteiger partial charge < -0.3 is 15.4 Å². The van der Waals surface area contributed by atoms with Crippen LogP contribution < -0.4 is 10.6 Å². The molecule has 1 aromatic heterocycles. The van der Waals surface area contributed by atoms with E-state index in [4.69, 9.17) is 4.74 Å². The standard InChI is InChI=1S/C25H26N4O3/c1-19(13-14-23-26-15-8-16-27-23)28-24(30)22(17-20-9-4-2-5-10-20)29-25(31)32-18-21-11-6-3-7-12-21/h2-16,19,22H,17-18H2,1H3,(H,28,30)(H,29,31)/b14-13+/t19-,22-/m0/s1. The highest BCUT2D eigenvalue weighted by atomic mass is 16.5. The third-order valence-corrected chi connectivity index (χ3v) is 4.59. The monoisotopic (exact) mass is 430 g/mol. The molecule has 2 atom stereocenters. The maximum atomic E-state index is 12.9. The quantitative estimate of drug-likeness (QED) is 0.542. The van der Waals surface area contributed by atoms with Crippen molar-refractivity contribution in [3.05, 3.63) is 102 Å². The molecule has 0 aliphatic rings. The molecule has 2 N–H and O–H groups in total. The number of nitrogens with zero attached hydrogens (tertiary/aromatic N) is 2. The van der Waals surface area contributed by atoms with Gasteiger partial charge in [-0.25, -0.2) is 14.8 Å². The van der Waals surface area contributed by atoms with Crippen molar-refractivity contribution in [2.24, 2.45) is 0 Å².